The maximum absolute atomic E-state index is 13.2. The minimum absolute atomic E-state index is 0.0922. The number of ether oxygens (including phenoxy) is 1. The molecule has 7 heteroatoms. The Kier molecular flexibility index (Phi) is 5.48. The summed E-state index contributed by atoms with van der Waals surface area (Å²) < 4.78 is 19.3. The van der Waals surface area contributed by atoms with Crippen molar-refractivity contribution in [1.82, 2.24) is 10.3 Å². The molecule has 0 fully saturated rings. The van der Waals surface area contributed by atoms with Gasteiger partial charge in [0.1, 0.15) is 22.9 Å². The molecule has 2 aromatic carbocycles. The van der Waals surface area contributed by atoms with Crippen molar-refractivity contribution >= 4 is 21.8 Å². The van der Waals surface area contributed by atoms with Crippen molar-refractivity contribution in [3.63, 3.8) is 0 Å². The van der Waals surface area contributed by atoms with Crippen LogP contribution in [0.5, 0.6) is 17.4 Å². The Bertz CT molecular complexity index is 950. The minimum atomic E-state index is -0.411. The fraction of sp³-hybridized carbons (Fsp3) is 0.0526. The molecule has 0 radical (unpaired) electrons. The lowest BCUT2D eigenvalue weighted by Gasteiger charge is -2.12. The van der Waals surface area contributed by atoms with E-state index in [1.165, 1.54) is 24.4 Å². The van der Waals surface area contributed by atoms with Crippen LogP contribution >= 0.6 is 15.9 Å². The number of carbonyl (C=O) groups excluding carboxylic acids is 1. The van der Waals surface area contributed by atoms with Crippen molar-refractivity contribution in [3.8, 4) is 17.4 Å². The molecule has 0 saturated heterocycles. The van der Waals surface area contributed by atoms with Gasteiger partial charge in [0.2, 0.25) is 5.88 Å². The van der Waals surface area contributed by atoms with Crippen LogP contribution in [0, 0.1) is 5.82 Å². The van der Waals surface area contributed by atoms with Gasteiger partial charge in [0.05, 0.1) is 4.47 Å². The lowest BCUT2D eigenvalue weighted by atomic mass is 10.2. The average Bonchev–Trinajstić information content (AvgIpc) is 2.63. The number of carbonyl (C=O) groups is 1. The van der Waals surface area contributed by atoms with E-state index in [4.69, 9.17) is 4.74 Å². The molecule has 3 rings (SSSR count). The van der Waals surface area contributed by atoms with E-state index >= 15 is 0 Å². The molecule has 0 aliphatic carbocycles. The Morgan fingerprint density at radius 3 is 2.77 bits per heavy atom. The topological polar surface area (TPSA) is 71.5 Å². The number of halogens is 2. The van der Waals surface area contributed by atoms with Gasteiger partial charge >= 0.3 is 0 Å². The molecule has 3 aromatic rings. The molecule has 26 heavy (non-hydrogen) atoms. The third-order valence-corrected chi connectivity index (χ3v) is 4.17. The predicted molar refractivity (Wildman–Crippen MR) is 97.7 cm³/mol. The first kappa shape index (κ1) is 17.9. The van der Waals surface area contributed by atoms with Crippen molar-refractivity contribution in [2.24, 2.45) is 0 Å². The SMILES string of the molecule is O=C(NCc1ccccc1O)c1cccnc1Oc1ccc(F)cc1Br. The zero-order valence-corrected chi connectivity index (χ0v) is 15.0. The number of nitrogens with zero attached hydrogens (tertiary/aromatic N) is 1. The summed E-state index contributed by atoms with van der Waals surface area (Å²) >= 11 is 3.21. The van der Waals surface area contributed by atoms with Gasteiger partial charge in [-0.1, -0.05) is 18.2 Å². The zero-order valence-electron chi connectivity index (χ0n) is 13.4. The molecule has 0 bridgehead atoms. The number of hydrogen-bond acceptors (Lipinski definition) is 4. The maximum Gasteiger partial charge on any atom is 0.257 e. The number of amides is 1. The largest absolute Gasteiger partial charge is 0.508 e. The number of benzene rings is 2. The van der Waals surface area contributed by atoms with Crippen LogP contribution in [0.4, 0.5) is 4.39 Å². The number of phenols is 1. The Morgan fingerprint density at radius 2 is 2.00 bits per heavy atom. The molecule has 1 amide bonds. The number of pyridine rings is 1. The second-order valence-electron chi connectivity index (χ2n) is 5.34. The van der Waals surface area contributed by atoms with Gasteiger partial charge in [0.25, 0.3) is 5.91 Å². The van der Waals surface area contributed by atoms with Gasteiger partial charge in [-0.15, -0.1) is 0 Å². The van der Waals surface area contributed by atoms with Crippen LogP contribution in [-0.2, 0) is 6.54 Å². The van der Waals surface area contributed by atoms with Crippen molar-refractivity contribution in [1.29, 1.82) is 0 Å². The summed E-state index contributed by atoms with van der Waals surface area (Å²) in [7, 11) is 0. The number of hydrogen-bond donors (Lipinski definition) is 2. The second kappa shape index (κ2) is 7.97. The molecule has 1 aromatic heterocycles. The van der Waals surface area contributed by atoms with Crippen LogP contribution in [0.25, 0.3) is 0 Å². The third-order valence-electron chi connectivity index (χ3n) is 3.55. The monoisotopic (exact) mass is 416 g/mol. The number of rotatable bonds is 5. The van der Waals surface area contributed by atoms with E-state index in [9.17, 15) is 14.3 Å². The first-order chi connectivity index (χ1) is 12.5. The fourth-order valence-corrected chi connectivity index (χ4v) is 2.67. The van der Waals surface area contributed by atoms with Gasteiger partial charge < -0.3 is 15.2 Å². The van der Waals surface area contributed by atoms with E-state index in [2.05, 4.69) is 26.2 Å². The van der Waals surface area contributed by atoms with Crippen LogP contribution in [0.1, 0.15) is 15.9 Å². The molecule has 0 spiro atoms. The van der Waals surface area contributed by atoms with Crippen molar-refractivity contribution < 1.29 is 19.0 Å². The van der Waals surface area contributed by atoms with Crippen molar-refractivity contribution in [3.05, 3.63) is 82.2 Å². The van der Waals surface area contributed by atoms with E-state index in [1.54, 1.807) is 36.4 Å². The fourth-order valence-electron chi connectivity index (χ4n) is 2.24. The number of phenolic OH excluding ortho intramolecular Hbond substituents is 1. The van der Waals surface area contributed by atoms with Gasteiger partial charge in [-0.2, -0.15) is 0 Å². The highest BCUT2D eigenvalue weighted by atomic mass is 79.9. The highest BCUT2D eigenvalue weighted by Crippen LogP contribution is 2.30. The summed E-state index contributed by atoms with van der Waals surface area (Å²) in [6, 6.07) is 13.9. The molecule has 0 atom stereocenters. The molecular formula is C19H14BrFN2O3. The van der Waals surface area contributed by atoms with Crippen molar-refractivity contribution in [2.75, 3.05) is 0 Å². The summed E-state index contributed by atoms with van der Waals surface area (Å²) in [6.45, 7) is 0.153. The first-order valence-corrected chi connectivity index (χ1v) is 8.47. The summed E-state index contributed by atoms with van der Waals surface area (Å²) in [5.74, 6) is -0.291. The normalized spacial score (nSPS) is 10.4. The summed E-state index contributed by atoms with van der Waals surface area (Å²) in [5.41, 5.74) is 0.813. The number of aromatic hydroxyl groups is 1. The van der Waals surface area contributed by atoms with E-state index in [-0.39, 0.29) is 23.7 Å². The summed E-state index contributed by atoms with van der Waals surface area (Å²) in [4.78, 5) is 16.6. The number of aromatic nitrogens is 1. The third kappa shape index (κ3) is 4.18. The molecule has 0 aliphatic heterocycles. The van der Waals surface area contributed by atoms with Crippen LogP contribution < -0.4 is 10.1 Å². The zero-order chi connectivity index (χ0) is 18.5. The summed E-state index contributed by atoms with van der Waals surface area (Å²) in [6.07, 6.45) is 1.49. The smallest absolute Gasteiger partial charge is 0.257 e. The molecule has 2 N–H and O–H groups in total. The van der Waals surface area contributed by atoms with E-state index in [0.29, 0.717) is 15.8 Å². The van der Waals surface area contributed by atoms with Crippen LogP contribution in [0.3, 0.4) is 0 Å². The van der Waals surface area contributed by atoms with E-state index in [1.807, 2.05) is 0 Å². The Labute approximate surface area is 157 Å². The highest BCUT2D eigenvalue weighted by Gasteiger charge is 2.16. The molecular weight excluding hydrogens is 403 g/mol. The molecule has 0 aliphatic rings. The first-order valence-electron chi connectivity index (χ1n) is 7.67. The number of nitrogens with one attached hydrogen (secondary N) is 1. The molecule has 1 heterocycles. The second-order valence-corrected chi connectivity index (χ2v) is 6.20. The van der Waals surface area contributed by atoms with Crippen LogP contribution in [0.2, 0.25) is 0 Å². The Balaban J connectivity index is 1.78. The molecule has 132 valence electrons. The average molecular weight is 417 g/mol. The van der Waals surface area contributed by atoms with Gasteiger partial charge in [-0.25, -0.2) is 9.37 Å². The van der Waals surface area contributed by atoms with Gasteiger partial charge in [0, 0.05) is 18.3 Å². The van der Waals surface area contributed by atoms with E-state index < -0.39 is 11.7 Å². The van der Waals surface area contributed by atoms with E-state index in [0.717, 1.165) is 0 Å². The quantitative estimate of drug-likeness (QED) is 0.645. The summed E-state index contributed by atoms with van der Waals surface area (Å²) in [5, 5.41) is 12.5. The minimum Gasteiger partial charge on any atom is -0.508 e. The van der Waals surface area contributed by atoms with Crippen LogP contribution in [0.15, 0.2) is 65.3 Å². The van der Waals surface area contributed by atoms with Crippen molar-refractivity contribution in [2.45, 2.75) is 6.54 Å². The number of para-hydroxylation sites is 1. The van der Waals surface area contributed by atoms with Gasteiger partial charge in [-0.3, -0.25) is 4.79 Å². The van der Waals surface area contributed by atoms with Gasteiger partial charge in [0.15, 0.2) is 0 Å². The van der Waals surface area contributed by atoms with Gasteiger partial charge in [-0.05, 0) is 52.3 Å². The molecule has 5 nitrogen and oxygen atoms in total. The lowest BCUT2D eigenvalue weighted by molar-refractivity contribution is 0.0947. The Hall–Kier alpha value is -2.93. The highest BCUT2D eigenvalue weighted by molar-refractivity contribution is 9.10. The predicted octanol–water partition coefficient (Wildman–Crippen LogP) is 4.41. The van der Waals surface area contributed by atoms with Crippen LogP contribution in [-0.4, -0.2) is 16.0 Å². The standard InChI is InChI=1S/C19H14BrFN2O3/c20-15-10-13(21)7-8-17(15)26-19-14(5-3-9-22-19)18(25)23-11-12-4-1-2-6-16(12)24/h1-10,24H,11H2,(H,23,25). The molecule has 0 unspecified atom stereocenters. The molecule has 0 saturated carbocycles. The Morgan fingerprint density at radius 1 is 1.19 bits per heavy atom. The maximum atomic E-state index is 13.2. The lowest BCUT2D eigenvalue weighted by Crippen LogP contribution is -2.23.